The van der Waals surface area contributed by atoms with E-state index in [1.165, 1.54) is 6.07 Å². The summed E-state index contributed by atoms with van der Waals surface area (Å²) < 4.78 is 30.6. The lowest BCUT2D eigenvalue weighted by atomic mass is 9.90. The molecule has 1 saturated heterocycles. The third-order valence-corrected chi connectivity index (χ3v) is 3.92. The summed E-state index contributed by atoms with van der Waals surface area (Å²) in [7, 11) is 0. The monoisotopic (exact) mass is 296 g/mol. The SMILES string of the molecule is CC(C)C(C)c1cc(F)cc(OCC2COC(C)(C)O2)c1. The molecule has 2 rings (SSSR count). The summed E-state index contributed by atoms with van der Waals surface area (Å²) >= 11 is 0. The number of rotatable bonds is 5. The Morgan fingerprint density at radius 3 is 2.57 bits per heavy atom. The van der Waals surface area contributed by atoms with Gasteiger partial charge in [-0.2, -0.15) is 0 Å². The van der Waals surface area contributed by atoms with E-state index in [9.17, 15) is 4.39 Å². The fraction of sp³-hybridized carbons (Fsp3) is 0.647. The average Bonchev–Trinajstić information content (AvgIpc) is 2.74. The number of halogens is 1. The zero-order valence-corrected chi connectivity index (χ0v) is 13.5. The van der Waals surface area contributed by atoms with Crippen LogP contribution in [0.25, 0.3) is 0 Å². The summed E-state index contributed by atoms with van der Waals surface area (Å²) in [6, 6.07) is 4.90. The minimum Gasteiger partial charge on any atom is -0.491 e. The Bertz CT molecular complexity index is 485. The number of benzene rings is 1. The molecule has 0 radical (unpaired) electrons. The molecule has 1 aromatic carbocycles. The molecule has 0 aliphatic carbocycles. The van der Waals surface area contributed by atoms with E-state index >= 15 is 0 Å². The number of ether oxygens (including phenoxy) is 3. The minimum atomic E-state index is -0.562. The van der Waals surface area contributed by atoms with Crippen molar-refractivity contribution in [3.8, 4) is 5.75 Å². The first-order chi connectivity index (χ1) is 9.77. The second-order valence-electron chi connectivity index (χ2n) is 6.51. The van der Waals surface area contributed by atoms with Gasteiger partial charge in [-0.1, -0.05) is 20.8 Å². The highest BCUT2D eigenvalue weighted by Gasteiger charge is 2.33. The van der Waals surface area contributed by atoms with Crippen molar-refractivity contribution >= 4 is 0 Å². The summed E-state index contributed by atoms with van der Waals surface area (Å²) in [6.45, 7) is 11.0. The molecule has 1 aromatic rings. The second kappa shape index (κ2) is 6.32. The van der Waals surface area contributed by atoms with Crippen molar-refractivity contribution in [2.24, 2.45) is 5.92 Å². The van der Waals surface area contributed by atoms with Crippen LogP contribution in [-0.2, 0) is 9.47 Å². The molecular formula is C17H25FO3. The van der Waals surface area contributed by atoms with Crippen LogP contribution in [0.5, 0.6) is 5.75 Å². The highest BCUT2D eigenvalue weighted by atomic mass is 19.1. The van der Waals surface area contributed by atoms with Gasteiger partial charge in [-0.15, -0.1) is 0 Å². The minimum absolute atomic E-state index is 0.116. The average molecular weight is 296 g/mol. The molecule has 2 atom stereocenters. The summed E-state index contributed by atoms with van der Waals surface area (Å²) in [5.41, 5.74) is 0.962. The molecule has 1 fully saturated rings. The Morgan fingerprint density at radius 1 is 1.29 bits per heavy atom. The fourth-order valence-electron chi connectivity index (χ4n) is 2.35. The van der Waals surface area contributed by atoms with Crippen LogP contribution in [0.2, 0.25) is 0 Å². The van der Waals surface area contributed by atoms with Crippen LogP contribution in [-0.4, -0.2) is 25.1 Å². The second-order valence-corrected chi connectivity index (χ2v) is 6.51. The summed E-state index contributed by atoms with van der Waals surface area (Å²) in [5.74, 6) is 0.456. The van der Waals surface area contributed by atoms with Crippen LogP contribution in [0.3, 0.4) is 0 Å². The third-order valence-electron chi connectivity index (χ3n) is 3.92. The van der Waals surface area contributed by atoms with Gasteiger partial charge in [0, 0.05) is 6.07 Å². The van der Waals surface area contributed by atoms with Gasteiger partial charge in [0.2, 0.25) is 0 Å². The van der Waals surface area contributed by atoms with Crippen molar-refractivity contribution in [2.75, 3.05) is 13.2 Å². The molecule has 0 N–H and O–H groups in total. The van der Waals surface area contributed by atoms with Gasteiger partial charge in [0.1, 0.15) is 24.3 Å². The van der Waals surface area contributed by atoms with Gasteiger partial charge in [0.15, 0.2) is 5.79 Å². The first-order valence-corrected chi connectivity index (χ1v) is 7.52. The molecule has 2 unspecified atom stereocenters. The molecule has 4 heteroatoms. The lowest BCUT2D eigenvalue weighted by molar-refractivity contribution is -0.141. The molecule has 1 aliphatic rings. The van der Waals surface area contributed by atoms with Crippen LogP contribution in [0.15, 0.2) is 18.2 Å². The highest BCUT2D eigenvalue weighted by Crippen LogP contribution is 2.28. The van der Waals surface area contributed by atoms with Crippen molar-refractivity contribution < 1.29 is 18.6 Å². The molecule has 0 saturated carbocycles. The topological polar surface area (TPSA) is 27.7 Å². The lowest BCUT2D eigenvalue weighted by Crippen LogP contribution is -2.25. The van der Waals surface area contributed by atoms with Crippen LogP contribution in [0, 0.1) is 11.7 Å². The molecular weight excluding hydrogens is 271 g/mol. The van der Waals surface area contributed by atoms with Crippen LogP contribution in [0.4, 0.5) is 4.39 Å². The molecule has 0 amide bonds. The summed E-state index contributed by atoms with van der Waals surface area (Å²) in [5, 5.41) is 0. The zero-order valence-electron chi connectivity index (χ0n) is 13.5. The predicted molar refractivity (Wildman–Crippen MR) is 80.1 cm³/mol. The Balaban J connectivity index is 2.00. The van der Waals surface area contributed by atoms with Crippen LogP contribution >= 0.6 is 0 Å². The standard InChI is InChI=1S/C17H25FO3/c1-11(2)12(3)13-6-14(18)8-15(7-13)19-9-16-10-20-17(4,5)21-16/h6-8,11-12,16H,9-10H2,1-5H3. The van der Waals surface area contributed by atoms with Gasteiger partial charge in [-0.25, -0.2) is 4.39 Å². The Morgan fingerprint density at radius 2 is 2.00 bits per heavy atom. The van der Waals surface area contributed by atoms with Gasteiger partial charge in [0.25, 0.3) is 0 Å². The van der Waals surface area contributed by atoms with Gasteiger partial charge >= 0.3 is 0 Å². The Labute approximate surface area is 126 Å². The van der Waals surface area contributed by atoms with Gasteiger partial charge in [-0.05, 0) is 43.4 Å². The molecule has 1 aliphatic heterocycles. The van der Waals surface area contributed by atoms with E-state index in [-0.39, 0.29) is 17.8 Å². The van der Waals surface area contributed by atoms with Gasteiger partial charge in [-0.3, -0.25) is 0 Å². The van der Waals surface area contributed by atoms with Gasteiger partial charge < -0.3 is 14.2 Å². The molecule has 0 spiro atoms. The van der Waals surface area contributed by atoms with Crippen molar-refractivity contribution in [2.45, 2.75) is 52.4 Å². The quantitative estimate of drug-likeness (QED) is 0.818. The third kappa shape index (κ3) is 4.42. The number of hydrogen-bond donors (Lipinski definition) is 0. The number of hydrogen-bond acceptors (Lipinski definition) is 3. The molecule has 1 heterocycles. The Kier molecular flexibility index (Phi) is 4.89. The van der Waals surface area contributed by atoms with E-state index in [4.69, 9.17) is 14.2 Å². The largest absolute Gasteiger partial charge is 0.491 e. The van der Waals surface area contributed by atoms with Crippen molar-refractivity contribution in [1.82, 2.24) is 0 Å². The maximum Gasteiger partial charge on any atom is 0.163 e. The van der Waals surface area contributed by atoms with Crippen molar-refractivity contribution in [1.29, 1.82) is 0 Å². The maximum absolute atomic E-state index is 13.7. The van der Waals surface area contributed by atoms with E-state index in [0.717, 1.165) is 5.56 Å². The molecule has 0 bridgehead atoms. The predicted octanol–water partition coefficient (Wildman–Crippen LogP) is 4.12. The van der Waals surface area contributed by atoms with Crippen molar-refractivity contribution in [3.63, 3.8) is 0 Å². The molecule has 21 heavy (non-hydrogen) atoms. The van der Waals surface area contributed by atoms with Crippen molar-refractivity contribution in [3.05, 3.63) is 29.6 Å². The highest BCUT2D eigenvalue weighted by molar-refractivity contribution is 5.32. The van der Waals surface area contributed by atoms with E-state index in [0.29, 0.717) is 24.9 Å². The normalized spacial score (nSPS) is 22.5. The van der Waals surface area contributed by atoms with Crippen LogP contribution < -0.4 is 4.74 Å². The molecule has 3 nitrogen and oxygen atoms in total. The first-order valence-electron chi connectivity index (χ1n) is 7.52. The van der Waals surface area contributed by atoms with E-state index < -0.39 is 5.79 Å². The molecule has 118 valence electrons. The fourth-order valence-corrected chi connectivity index (χ4v) is 2.35. The molecule has 0 aromatic heterocycles. The lowest BCUT2D eigenvalue weighted by Gasteiger charge is -2.19. The summed E-state index contributed by atoms with van der Waals surface area (Å²) in [4.78, 5) is 0. The van der Waals surface area contributed by atoms with E-state index in [2.05, 4.69) is 20.8 Å². The summed E-state index contributed by atoms with van der Waals surface area (Å²) in [6.07, 6.45) is -0.116. The maximum atomic E-state index is 13.7. The smallest absolute Gasteiger partial charge is 0.163 e. The first kappa shape index (κ1) is 16.2. The van der Waals surface area contributed by atoms with E-state index in [1.807, 2.05) is 19.9 Å². The van der Waals surface area contributed by atoms with Crippen LogP contribution in [0.1, 0.15) is 46.1 Å². The van der Waals surface area contributed by atoms with E-state index in [1.54, 1.807) is 6.07 Å². The zero-order chi connectivity index (χ0) is 15.6. The van der Waals surface area contributed by atoms with Gasteiger partial charge in [0.05, 0.1) is 6.61 Å². The Hall–Kier alpha value is -1.13.